The van der Waals surface area contributed by atoms with Gasteiger partial charge in [-0.2, -0.15) is 0 Å². The van der Waals surface area contributed by atoms with Crippen LogP contribution >= 0.6 is 11.6 Å². The van der Waals surface area contributed by atoms with Gasteiger partial charge >= 0.3 is 5.97 Å². The Bertz CT molecular complexity index is 532. The Hall–Kier alpha value is -2.15. The van der Waals surface area contributed by atoms with Crippen LogP contribution in [0.25, 0.3) is 0 Å². The topological polar surface area (TPSA) is 110 Å². The average molecular weight is 287 g/mol. The molecular formula is C11H11ClN2O5. The Kier molecular flexibility index (Phi) is 4.82. The largest absolute Gasteiger partial charge is 0.480 e. The van der Waals surface area contributed by atoms with Crippen molar-refractivity contribution in [3.63, 3.8) is 0 Å². The molecule has 0 aliphatic heterocycles. The maximum Gasteiger partial charge on any atom is 0.326 e. The minimum absolute atomic E-state index is 0.129. The summed E-state index contributed by atoms with van der Waals surface area (Å²) in [6.45, 7) is 1.59. The van der Waals surface area contributed by atoms with E-state index in [1.165, 1.54) is 12.1 Å². The van der Waals surface area contributed by atoms with Gasteiger partial charge in [-0.25, -0.2) is 4.79 Å². The number of amides is 1. The van der Waals surface area contributed by atoms with Crippen LogP contribution in [0, 0.1) is 10.1 Å². The van der Waals surface area contributed by atoms with E-state index in [4.69, 9.17) is 16.7 Å². The molecule has 7 nitrogen and oxygen atoms in total. The number of carboxylic acids is 1. The SMILES string of the molecule is CC[C@H](NC(=O)c1cccc([N+](=O)[O-])c1Cl)C(=O)O. The van der Waals surface area contributed by atoms with Crippen molar-refractivity contribution in [1.82, 2.24) is 5.32 Å². The van der Waals surface area contributed by atoms with Gasteiger partial charge in [0.2, 0.25) is 0 Å². The van der Waals surface area contributed by atoms with Gasteiger partial charge in [0.25, 0.3) is 11.6 Å². The van der Waals surface area contributed by atoms with E-state index in [1.807, 2.05) is 0 Å². The van der Waals surface area contributed by atoms with E-state index in [0.717, 1.165) is 6.07 Å². The predicted octanol–water partition coefficient (Wildman–Crippen LogP) is 1.84. The molecule has 102 valence electrons. The normalized spacial score (nSPS) is 11.7. The molecule has 0 saturated carbocycles. The molecule has 0 aliphatic carbocycles. The van der Waals surface area contributed by atoms with Crippen molar-refractivity contribution in [2.24, 2.45) is 0 Å². The lowest BCUT2D eigenvalue weighted by atomic mass is 10.1. The van der Waals surface area contributed by atoms with Gasteiger partial charge in [-0.3, -0.25) is 14.9 Å². The first-order chi connectivity index (χ1) is 8.88. The number of nitro groups is 1. The van der Waals surface area contributed by atoms with E-state index in [9.17, 15) is 19.7 Å². The first-order valence-corrected chi connectivity index (χ1v) is 5.72. The summed E-state index contributed by atoms with van der Waals surface area (Å²) >= 11 is 5.75. The first-order valence-electron chi connectivity index (χ1n) is 5.35. The van der Waals surface area contributed by atoms with Crippen LogP contribution in [0.4, 0.5) is 5.69 Å². The standard InChI is InChI=1S/C11H11ClN2O5/c1-2-7(11(16)17)13-10(15)6-4-3-5-8(9(6)12)14(18)19/h3-5,7H,2H2,1H3,(H,13,15)(H,16,17)/t7-/m0/s1. The van der Waals surface area contributed by atoms with Crippen molar-refractivity contribution >= 4 is 29.2 Å². The van der Waals surface area contributed by atoms with E-state index in [2.05, 4.69) is 5.32 Å². The maximum absolute atomic E-state index is 11.8. The van der Waals surface area contributed by atoms with E-state index in [-0.39, 0.29) is 17.0 Å². The predicted molar refractivity (Wildman–Crippen MR) is 67.3 cm³/mol. The van der Waals surface area contributed by atoms with E-state index in [1.54, 1.807) is 6.92 Å². The van der Waals surface area contributed by atoms with E-state index in [0.29, 0.717) is 0 Å². The van der Waals surface area contributed by atoms with Gasteiger partial charge in [0.05, 0.1) is 10.5 Å². The fraction of sp³-hybridized carbons (Fsp3) is 0.273. The second-order valence-corrected chi connectivity index (χ2v) is 4.05. The highest BCUT2D eigenvalue weighted by Gasteiger charge is 2.23. The highest BCUT2D eigenvalue weighted by molar-refractivity contribution is 6.35. The van der Waals surface area contributed by atoms with E-state index >= 15 is 0 Å². The first kappa shape index (κ1) is 14.9. The van der Waals surface area contributed by atoms with Crippen LogP contribution in [-0.4, -0.2) is 27.9 Å². The average Bonchev–Trinajstić information content (AvgIpc) is 2.35. The van der Waals surface area contributed by atoms with Gasteiger partial charge in [0, 0.05) is 6.07 Å². The fourth-order valence-corrected chi connectivity index (χ4v) is 1.69. The van der Waals surface area contributed by atoms with Gasteiger partial charge in [0.15, 0.2) is 0 Å². The van der Waals surface area contributed by atoms with Crippen molar-refractivity contribution < 1.29 is 19.6 Å². The summed E-state index contributed by atoms with van der Waals surface area (Å²) in [5, 5.41) is 21.4. The molecule has 0 radical (unpaired) electrons. The van der Waals surface area contributed by atoms with Crippen LogP contribution in [0.15, 0.2) is 18.2 Å². The van der Waals surface area contributed by atoms with Gasteiger partial charge in [-0.05, 0) is 12.5 Å². The Morgan fingerprint density at radius 2 is 2.16 bits per heavy atom. The molecule has 0 spiro atoms. The number of rotatable bonds is 5. The third-order valence-electron chi connectivity index (χ3n) is 2.43. The summed E-state index contributed by atoms with van der Waals surface area (Å²) in [7, 11) is 0. The number of carbonyl (C=O) groups excluding carboxylic acids is 1. The number of halogens is 1. The van der Waals surface area contributed by atoms with Gasteiger partial charge in [0.1, 0.15) is 11.1 Å². The van der Waals surface area contributed by atoms with Crippen LogP contribution in [-0.2, 0) is 4.79 Å². The maximum atomic E-state index is 11.8. The highest BCUT2D eigenvalue weighted by Crippen LogP contribution is 2.27. The number of carboxylic acid groups (broad SMARTS) is 1. The van der Waals surface area contributed by atoms with Crippen molar-refractivity contribution in [3.05, 3.63) is 38.9 Å². The number of nitrogens with one attached hydrogen (secondary N) is 1. The van der Waals surface area contributed by atoms with Crippen molar-refractivity contribution in [2.45, 2.75) is 19.4 Å². The summed E-state index contributed by atoms with van der Waals surface area (Å²) in [4.78, 5) is 32.6. The highest BCUT2D eigenvalue weighted by atomic mass is 35.5. The number of benzene rings is 1. The zero-order chi connectivity index (χ0) is 14.6. The van der Waals surface area contributed by atoms with Crippen LogP contribution < -0.4 is 5.32 Å². The lowest BCUT2D eigenvalue weighted by Gasteiger charge is -2.12. The quantitative estimate of drug-likeness (QED) is 0.634. The van der Waals surface area contributed by atoms with Gasteiger partial charge in [-0.1, -0.05) is 24.6 Å². The molecule has 1 rings (SSSR count). The van der Waals surface area contributed by atoms with Gasteiger partial charge in [-0.15, -0.1) is 0 Å². The smallest absolute Gasteiger partial charge is 0.326 e. The van der Waals surface area contributed by atoms with Crippen LogP contribution in [0.1, 0.15) is 23.7 Å². The molecule has 1 aromatic rings. The molecule has 0 unspecified atom stereocenters. The monoisotopic (exact) mass is 286 g/mol. The molecule has 2 N–H and O–H groups in total. The Labute approximate surface area is 113 Å². The molecule has 0 heterocycles. The molecule has 1 amide bonds. The molecule has 0 aromatic heterocycles. The molecule has 0 bridgehead atoms. The number of nitrogens with zero attached hydrogens (tertiary/aromatic N) is 1. The molecule has 1 aromatic carbocycles. The zero-order valence-electron chi connectivity index (χ0n) is 9.92. The molecular weight excluding hydrogens is 276 g/mol. The second-order valence-electron chi connectivity index (χ2n) is 3.67. The van der Waals surface area contributed by atoms with Crippen molar-refractivity contribution in [1.29, 1.82) is 0 Å². The summed E-state index contributed by atoms with van der Waals surface area (Å²) in [5.41, 5.74) is -0.534. The lowest BCUT2D eigenvalue weighted by molar-refractivity contribution is -0.384. The summed E-state index contributed by atoms with van der Waals surface area (Å²) in [6.07, 6.45) is 0.188. The van der Waals surface area contributed by atoms with Crippen LogP contribution in [0.3, 0.4) is 0 Å². The number of nitro benzene ring substituents is 1. The number of hydrogen-bond donors (Lipinski definition) is 2. The third-order valence-corrected chi connectivity index (χ3v) is 2.83. The number of aliphatic carboxylic acids is 1. The van der Waals surface area contributed by atoms with Crippen molar-refractivity contribution in [2.75, 3.05) is 0 Å². The summed E-state index contributed by atoms with van der Waals surface area (Å²) in [5.74, 6) is -1.94. The van der Waals surface area contributed by atoms with Crippen molar-refractivity contribution in [3.8, 4) is 0 Å². The van der Waals surface area contributed by atoms with Gasteiger partial charge < -0.3 is 10.4 Å². The number of carbonyl (C=O) groups is 2. The second kappa shape index (κ2) is 6.14. The molecule has 8 heteroatoms. The zero-order valence-corrected chi connectivity index (χ0v) is 10.7. The lowest BCUT2D eigenvalue weighted by Crippen LogP contribution is -2.40. The minimum atomic E-state index is -1.18. The number of hydrogen-bond acceptors (Lipinski definition) is 4. The van der Waals surface area contributed by atoms with E-state index < -0.39 is 28.5 Å². The Morgan fingerprint density at radius 1 is 1.53 bits per heavy atom. The molecule has 19 heavy (non-hydrogen) atoms. The summed E-state index contributed by atoms with van der Waals surface area (Å²) in [6, 6.07) is 2.69. The fourth-order valence-electron chi connectivity index (χ4n) is 1.41. The van der Waals surface area contributed by atoms with Crippen LogP contribution in [0.2, 0.25) is 5.02 Å². The third kappa shape index (κ3) is 3.41. The Morgan fingerprint density at radius 3 is 2.63 bits per heavy atom. The van der Waals surface area contributed by atoms with Crippen LogP contribution in [0.5, 0.6) is 0 Å². The molecule has 1 atom stereocenters. The molecule has 0 aliphatic rings. The minimum Gasteiger partial charge on any atom is -0.480 e. The summed E-state index contributed by atoms with van der Waals surface area (Å²) < 4.78 is 0. The molecule has 0 fully saturated rings. The molecule has 0 saturated heterocycles. The Balaban J connectivity index is 3.04.